The van der Waals surface area contributed by atoms with Gasteiger partial charge in [0.15, 0.2) is 0 Å². The fourth-order valence-electron chi connectivity index (χ4n) is 6.19. The molecule has 2 aliphatic rings. The summed E-state index contributed by atoms with van der Waals surface area (Å²) in [6.45, 7) is 6.41. The molecule has 0 radical (unpaired) electrons. The monoisotopic (exact) mass is 701 g/mol. The van der Waals surface area contributed by atoms with Gasteiger partial charge in [0.05, 0.1) is 6.54 Å². The Hall–Kier alpha value is -3.85. The van der Waals surface area contributed by atoms with E-state index in [9.17, 15) is 9.59 Å². The molecule has 1 heterocycles. The van der Waals surface area contributed by atoms with Crippen molar-refractivity contribution in [2.75, 3.05) is 45.9 Å². The molecule has 4 aromatic carbocycles. The van der Waals surface area contributed by atoms with Gasteiger partial charge < -0.3 is 19.3 Å². The molecule has 0 bridgehead atoms. The van der Waals surface area contributed by atoms with E-state index < -0.39 is 0 Å². The van der Waals surface area contributed by atoms with Crippen LogP contribution >= 0.6 is 27.5 Å². The SMILES string of the molecule is Cc1c(Br)ccc(CN(CCN2CCN(C(=O)OCc3ccccc3)CC2)C(=O)OCC2c3ccccc3-c3ccccc32)c1Cl. The second-order valence-corrected chi connectivity index (χ2v) is 13.0. The smallest absolute Gasteiger partial charge is 0.410 e. The van der Waals surface area contributed by atoms with Gasteiger partial charge in [0.2, 0.25) is 0 Å². The first-order valence-corrected chi connectivity index (χ1v) is 16.8. The van der Waals surface area contributed by atoms with Crippen LogP contribution in [0.3, 0.4) is 0 Å². The van der Waals surface area contributed by atoms with Crippen LogP contribution in [0.2, 0.25) is 5.02 Å². The number of carbonyl (C=O) groups excluding carboxylic acids is 2. The van der Waals surface area contributed by atoms with E-state index in [1.807, 2.05) is 73.7 Å². The number of amides is 2. The molecule has 46 heavy (non-hydrogen) atoms. The van der Waals surface area contributed by atoms with Crippen LogP contribution in [0.4, 0.5) is 9.59 Å². The molecule has 0 unspecified atom stereocenters. The molecule has 0 aromatic heterocycles. The number of fused-ring (bicyclic) bond motifs is 3. The quantitative estimate of drug-likeness (QED) is 0.176. The third kappa shape index (κ3) is 7.25. The highest BCUT2D eigenvalue weighted by atomic mass is 79.9. The third-order valence-electron chi connectivity index (χ3n) is 8.88. The normalized spacial score (nSPS) is 14.5. The van der Waals surface area contributed by atoms with E-state index in [1.54, 1.807) is 9.80 Å². The largest absolute Gasteiger partial charge is 0.448 e. The van der Waals surface area contributed by atoms with E-state index in [0.717, 1.165) is 21.2 Å². The zero-order valence-electron chi connectivity index (χ0n) is 25.8. The molecule has 0 N–H and O–H groups in total. The lowest BCUT2D eigenvalue weighted by molar-refractivity contribution is 0.0652. The van der Waals surface area contributed by atoms with Crippen molar-refractivity contribution in [3.63, 3.8) is 0 Å². The molecule has 0 spiro atoms. The Morgan fingerprint density at radius 1 is 0.848 bits per heavy atom. The number of ether oxygens (including phenoxy) is 2. The van der Waals surface area contributed by atoms with E-state index in [1.165, 1.54) is 22.3 Å². The predicted octanol–water partition coefficient (Wildman–Crippen LogP) is 8.12. The molecule has 1 fully saturated rings. The topological polar surface area (TPSA) is 62.3 Å². The van der Waals surface area contributed by atoms with Crippen molar-refractivity contribution in [1.29, 1.82) is 0 Å². The Labute approximate surface area is 283 Å². The van der Waals surface area contributed by atoms with Crippen LogP contribution in [0.15, 0.2) is 95.5 Å². The molecule has 4 aromatic rings. The summed E-state index contributed by atoms with van der Waals surface area (Å²) >= 11 is 10.3. The number of piperazine rings is 1. The molecular formula is C37H37BrClN3O4. The van der Waals surface area contributed by atoms with Crippen molar-refractivity contribution < 1.29 is 19.1 Å². The average Bonchev–Trinajstić information content (AvgIpc) is 3.42. The summed E-state index contributed by atoms with van der Waals surface area (Å²) in [5, 5.41) is 0.633. The average molecular weight is 703 g/mol. The standard InChI is InChI=1S/C37H37BrClN3O4/c1-26-34(38)16-15-28(35(26)39)23-42(22-19-40-17-20-41(21-18-40)36(43)45-24-27-9-3-2-4-10-27)37(44)46-25-33-31-13-7-5-11-29(31)30-12-6-8-14-32(30)33/h2-16,33H,17-25H2,1H3. The predicted molar refractivity (Wildman–Crippen MR) is 184 cm³/mol. The van der Waals surface area contributed by atoms with Gasteiger partial charge in [-0.2, -0.15) is 0 Å². The van der Waals surface area contributed by atoms with Crippen molar-refractivity contribution in [3.05, 3.63) is 128 Å². The Morgan fingerprint density at radius 3 is 2.15 bits per heavy atom. The van der Waals surface area contributed by atoms with E-state index in [4.69, 9.17) is 21.1 Å². The number of carbonyl (C=O) groups is 2. The molecule has 9 heteroatoms. The van der Waals surface area contributed by atoms with Crippen molar-refractivity contribution >= 4 is 39.7 Å². The molecule has 0 atom stereocenters. The minimum atomic E-state index is -0.373. The molecule has 6 rings (SSSR count). The van der Waals surface area contributed by atoms with Crippen LogP contribution in [-0.4, -0.2) is 72.8 Å². The van der Waals surface area contributed by atoms with Gasteiger partial charge in [-0.05, 0) is 51.9 Å². The zero-order valence-corrected chi connectivity index (χ0v) is 28.2. The fourth-order valence-corrected chi connectivity index (χ4v) is 6.86. The van der Waals surface area contributed by atoms with Gasteiger partial charge in [-0.25, -0.2) is 9.59 Å². The Morgan fingerprint density at radius 2 is 1.48 bits per heavy atom. The maximum atomic E-state index is 13.8. The summed E-state index contributed by atoms with van der Waals surface area (Å²) in [5.74, 6) is -0.0218. The van der Waals surface area contributed by atoms with Gasteiger partial charge in [-0.15, -0.1) is 0 Å². The Bertz CT molecular complexity index is 1650. The Kier molecular flexibility index (Phi) is 10.3. The molecule has 1 aliphatic carbocycles. The van der Waals surface area contributed by atoms with Crippen LogP contribution in [0, 0.1) is 6.92 Å². The lowest BCUT2D eigenvalue weighted by Gasteiger charge is -2.35. The van der Waals surface area contributed by atoms with Gasteiger partial charge >= 0.3 is 12.2 Å². The number of nitrogens with zero attached hydrogens (tertiary/aromatic N) is 3. The van der Waals surface area contributed by atoms with Crippen LogP contribution in [-0.2, 0) is 22.6 Å². The summed E-state index contributed by atoms with van der Waals surface area (Å²) in [6.07, 6.45) is -0.675. The van der Waals surface area contributed by atoms with Gasteiger partial charge in [-0.1, -0.05) is 112 Å². The minimum Gasteiger partial charge on any atom is -0.448 e. The summed E-state index contributed by atoms with van der Waals surface area (Å²) in [6, 6.07) is 30.2. The number of rotatable bonds is 9. The number of hydrogen-bond acceptors (Lipinski definition) is 5. The lowest BCUT2D eigenvalue weighted by atomic mass is 9.98. The van der Waals surface area contributed by atoms with E-state index in [-0.39, 0.29) is 31.3 Å². The summed E-state index contributed by atoms with van der Waals surface area (Å²) < 4.78 is 12.5. The number of hydrogen-bond donors (Lipinski definition) is 0. The summed E-state index contributed by atoms with van der Waals surface area (Å²) in [5.41, 5.74) is 7.49. The first-order valence-electron chi connectivity index (χ1n) is 15.6. The molecule has 7 nitrogen and oxygen atoms in total. The van der Waals surface area contributed by atoms with E-state index >= 15 is 0 Å². The highest BCUT2D eigenvalue weighted by Gasteiger charge is 2.30. The van der Waals surface area contributed by atoms with Gasteiger partial charge in [0, 0.05) is 54.7 Å². The number of benzene rings is 4. The highest BCUT2D eigenvalue weighted by Crippen LogP contribution is 2.44. The van der Waals surface area contributed by atoms with Gasteiger partial charge in [0.25, 0.3) is 0 Å². The molecule has 1 aliphatic heterocycles. The molecule has 238 valence electrons. The molecule has 1 saturated heterocycles. The van der Waals surface area contributed by atoms with Crippen LogP contribution in [0.25, 0.3) is 11.1 Å². The first-order chi connectivity index (χ1) is 22.4. The minimum absolute atomic E-state index is 0.0218. The van der Waals surface area contributed by atoms with Gasteiger partial charge in [0.1, 0.15) is 13.2 Å². The van der Waals surface area contributed by atoms with Crippen LogP contribution < -0.4 is 0 Å². The first kappa shape index (κ1) is 32.1. The number of halogens is 2. The Balaban J connectivity index is 1.09. The lowest BCUT2D eigenvalue weighted by Crippen LogP contribution is -2.50. The van der Waals surface area contributed by atoms with Crippen LogP contribution in [0.5, 0.6) is 0 Å². The maximum absolute atomic E-state index is 13.8. The highest BCUT2D eigenvalue weighted by molar-refractivity contribution is 9.10. The van der Waals surface area contributed by atoms with Crippen molar-refractivity contribution in [1.82, 2.24) is 14.7 Å². The van der Waals surface area contributed by atoms with Crippen molar-refractivity contribution in [2.45, 2.75) is 26.0 Å². The molecule has 0 saturated carbocycles. The fraction of sp³-hybridized carbons (Fsp3) is 0.297. The molecule has 2 amide bonds. The van der Waals surface area contributed by atoms with Crippen molar-refractivity contribution in [2.24, 2.45) is 0 Å². The summed E-state index contributed by atoms with van der Waals surface area (Å²) in [4.78, 5) is 32.2. The zero-order chi connectivity index (χ0) is 32.0. The summed E-state index contributed by atoms with van der Waals surface area (Å²) in [7, 11) is 0. The second kappa shape index (κ2) is 14.7. The molecular weight excluding hydrogens is 666 g/mol. The van der Waals surface area contributed by atoms with E-state index in [0.29, 0.717) is 50.8 Å². The second-order valence-electron chi connectivity index (χ2n) is 11.7. The van der Waals surface area contributed by atoms with Crippen LogP contribution in [0.1, 0.15) is 33.7 Å². The maximum Gasteiger partial charge on any atom is 0.410 e. The third-order valence-corrected chi connectivity index (χ3v) is 10.3. The van der Waals surface area contributed by atoms with Gasteiger partial charge in [-0.3, -0.25) is 4.90 Å². The van der Waals surface area contributed by atoms with E-state index in [2.05, 4.69) is 45.1 Å². The van der Waals surface area contributed by atoms with Crippen molar-refractivity contribution in [3.8, 4) is 11.1 Å².